The van der Waals surface area contributed by atoms with Gasteiger partial charge in [0.05, 0.1) is 17.7 Å². The van der Waals surface area contributed by atoms with E-state index in [0.717, 1.165) is 25.0 Å². The summed E-state index contributed by atoms with van der Waals surface area (Å²) in [6.07, 6.45) is 4.88. The first-order valence-electron chi connectivity index (χ1n) is 4.79. The quantitative estimate of drug-likeness (QED) is 0.634. The molecular weight excluding hydrogens is 178 g/mol. The van der Waals surface area contributed by atoms with Crippen molar-refractivity contribution >= 4 is 8.32 Å². The van der Waals surface area contributed by atoms with Crippen molar-refractivity contribution < 1.29 is 4.43 Å². The topological polar surface area (TPSA) is 33.0 Å². The summed E-state index contributed by atoms with van der Waals surface area (Å²) >= 11 is 0. The molecule has 0 fully saturated rings. The Morgan fingerprint density at radius 2 is 2.23 bits per heavy atom. The number of nitriles is 1. The van der Waals surface area contributed by atoms with Crippen LogP contribution >= 0.6 is 0 Å². The van der Waals surface area contributed by atoms with Crippen LogP contribution in [-0.4, -0.2) is 8.32 Å². The van der Waals surface area contributed by atoms with Crippen molar-refractivity contribution in [1.82, 2.24) is 0 Å². The van der Waals surface area contributed by atoms with Gasteiger partial charge in [-0.3, -0.25) is 0 Å². The Labute approximate surface area is 81.3 Å². The predicted molar refractivity (Wildman–Crippen MR) is 55.5 cm³/mol. The molecule has 72 valence electrons. The molecule has 0 bridgehead atoms. The largest absolute Gasteiger partial charge is 0.548 e. The first kappa shape index (κ1) is 10.3. The second-order valence-corrected chi connectivity index (χ2v) is 8.91. The fourth-order valence-electron chi connectivity index (χ4n) is 1.41. The molecule has 2 nitrogen and oxygen atoms in total. The van der Waals surface area contributed by atoms with Crippen molar-refractivity contribution in [1.29, 1.82) is 5.26 Å². The molecule has 0 aromatic heterocycles. The fourth-order valence-corrected chi connectivity index (χ4v) is 2.39. The second-order valence-electron chi connectivity index (χ2n) is 4.49. The number of nitrogens with zero attached hydrogens (tertiary/aromatic N) is 1. The van der Waals surface area contributed by atoms with E-state index in [0.29, 0.717) is 0 Å². The first-order valence-corrected chi connectivity index (χ1v) is 8.20. The summed E-state index contributed by atoms with van der Waals surface area (Å²) in [6, 6.07) is 2.30. The Morgan fingerprint density at radius 1 is 1.54 bits per heavy atom. The van der Waals surface area contributed by atoms with Crippen molar-refractivity contribution in [2.45, 2.75) is 38.9 Å². The molecule has 1 atom stereocenters. The second kappa shape index (κ2) is 3.97. The van der Waals surface area contributed by atoms with Gasteiger partial charge in [-0.2, -0.15) is 5.26 Å². The zero-order chi connectivity index (χ0) is 9.90. The Hall–Kier alpha value is -0.753. The summed E-state index contributed by atoms with van der Waals surface area (Å²) in [4.78, 5) is 0. The maximum absolute atomic E-state index is 8.70. The van der Waals surface area contributed by atoms with Crippen LogP contribution in [-0.2, 0) is 4.43 Å². The van der Waals surface area contributed by atoms with Crippen molar-refractivity contribution in [2.75, 3.05) is 0 Å². The molecule has 0 spiro atoms. The minimum Gasteiger partial charge on any atom is -0.548 e. The Balaban J connectivity index is 2.48. The molecule has 1 aliphatic carbocycles. The molecule has 0 aliphatic heterocycles. The molecule has 1 rings (SSSR count). The highest BCUT2D eigenvalue weighted by atomic mass is 28.4. The van der Waals surface area contributed by atoms with Crippen LogP contribution in [0.2, 0.25) is 19.6 Å². The van der Waals surface area contributed by atoms with E-state index in [4.69, 9.17) is 9.69 Å². The maximum Gasteiger partial charge on any atom is 0.241 e. The van der Waals surface area contributed by atoms with E-state index in [-0.39, 0.29) is 5.92 Å². The lowest BCUT2D eigenvalue weighted by Crippen LogP contribution is -2.25. The van der Waals surface area contributed by atoms with E-state index in [2.05, 4.69) is 31.8 Å². The third-order valence-electron chi connectivity index (χ3n) is 1.99. The molecule has 1 aliphatic rings. The molecule has 0 aromatic rings. The lowest BCUT2D eigenvalue weighted by Gasteiger charge is -2.25. The van der Waals surface area contributed by atoms with Crippen LogP contribution in [0.25, 0.3) is 0 Å². The molecule has 13 heavy (non-hydrogen) atoms. The molecule has 0 saturated heterocycles. The number of allylic oxidation sites excluding steroid dienone is 2. The normalized spacial score (nSPS) is 23.2. The third-order valence-corrected chi connectivity index (χ3v) is 2.86. The van der Waals surface area contributed by atoms with Gasteiger partial charge >= 0.3 is 0 Å². The van der Waals surface area contributed by atoms with Crippen LogP contribution in [0.4, 0.5) is 0 Å². The molecule has 1 unspecified atom stereocenters. The molecule has 0 radical (unpaired) electrons. The zero-order valence-corrected chi connectivity index (χ0v) is 9.63. The van der Waals surface area contributed by atoms with Gasteiger partial charge in [-0.25, -0.2) is 0 Å². The van der Waals surface area contributed by atoms with Gasteiger partial charge in [-0.1, -0.05) is 0 Å². The van der Waals surface area contributed by atoms with Gasteiger partial charge in [0, 0.05) is 6.42 Å². The minimum absolute atomic E-state index is 0.217. The van der Waals surface area contributed by atoms with E-state index in [1.807, 2.05) is 0 Å². The van der Waals surface area contributed by atoms with Crippen LogP contribution < -0.4 is 0 Å². The average Bonchev–Trinajstić information content (AvgIpc) is 2.03. The summed E-state index contributed by atoms with van der Waals surface area (Å²) in [5.41, 5.74) is 0. The molecule has 0 saturated carbocycles. The molecule has 0 heterocycles. The van der Waals surface area contributed by atoms with Gasteiger partial charge < -0.3 is 4.43 Å². The van der Waals surface area contributed by atoms with Crippen LogP contribution in [0.3, 0.4) is 0 Å². The smallest absolute Gasteiger partial charge is 0.241 e. The van der Waals surface area contributed by atoms with Crippen molar-refractivity contribution in [3.05, 3.63) is 11.8 Å². The summed E-state index contributed by atoms with van der Waals surface area (Å²) in [5.74, 6) is 1.33. The lowest BCUT2D eigenvalue weighted by molar-refractivity contribution is 0.366. The molecule has 0 N–H and O–H groups in total. The van der Waals surface area contributed by atoms with Crippen LogP contribution in [0.5, 0.6) is 0 Å². The van der Waals surface area contributed by atoms with E-state index in [1.165, 1.54) is 0 Å². The SMILES string of the molecule is C[Si](C)(C)OC1=CCC(C#N)CC1. The summed E-state index contributed by atoms with van der Waals surface area (Å²) < 4.78 is 5.86. The number of hydrogen-bond donors (Lipinski definition) is 0. The predicted octanol–water partition coefficient (Wildman–Crippen LogP) is 3.05. The van der Waals surface area contributed by atoms with Gasteiger partial charge in [-0.15, -0.1) is 0 Å². The first-order chi connectivity index (χ1) is 6.01. The van der Waals surface area contributed by atoms with Gasteiger partial charge in [0.1, 0.15) is 0 Å². The van der Waals surface area contributed by atoms with Gasteiger partial charge in [0.15, 0.2) is 0 Å². The Morgan fingerprint density at radius 3 is 2.62 bits per heavy atom. The average molecular weight is 195 g/mol. The van der Waals surface area contributed by atoms with E-state index in [1.54, 1.807) is 0 Å². The van der Waals surface area contributed by atoms with Gasteiger partial charge in [-0.05, 0) is 38.6 Å². The van der Waals surface area contributed by atoms with Gasteiger partial charge in [0.25, 0.3) is 0 Å². The minimum atomic E-state index is -1.43. The summed E-state index contributed by atoms with van der Waals surface area (Å²) in [7, 11) is -1.43. The van der Waals surface area contributed by atoms with E-state index >= 15 is 0 Å². The fraction of sp³-hybridized carbons (Fsp3) is 0.700. The maximum atomic E-state index is 8.70. The highest BCUT2D eigenvalue weighted by molar-refractivity contribution is 6.70. The van der Waals surface area contributed by atoms with Crippen LogP contribution in [0.15, 0.2) is 11.8 Å². The number of rotatable bonds is 2. The number of hydrogen-bond acceptors (Lipinski definition) is 2. The molecule has 0 aromatic carbocycles. The van der Waals surface area contributed by atoms with Crippen molar-refractivity contribution in [3.63, 3.8) is 0 Å². The Kier molecular flexibility index (Phi) is 3.15. The monoisotopic (exact) mass is 195 g/mol. The highest BCUT2D eigenvalue weighted by Crippen LogP contribution is 2.25. The van der Waals surface area contributed by atoms with Gasteiger partial charge in [0.2, 0.25) is 8.32 Å². The molecule has 0 amide bonds. The summed E-state index contributed by atoms with van der Waals surface area (Å²) in [5, 5.41) is 8.70. The van der Waals surface area contributed by atoms with Crippen molar-refractivity contribution in [2.24, 2.45) is 5.92 Å². The van der Waals surface area contributed by atoms with Crippen molar-refractivity contribution in [3.8, 4) is 6.07 Å². The standard InChI is InChI=1S/C10H17NOSi/c1-13(2,3)12-10-6-4-9(8-11)5-7-10/h6,9H,4-5,7H2,1-3H3. The Bertz CT molecular complexity index is 247. The lowest BCUT2D eigenvalue weighted by atomic mass is 9.95. The third kappa shape index (κ3) is 3.64. The van der Waals surface area contributed by atoms with E-state index < -0.39 is 8.32 Å². The molecule has 3 heteroatoms. The molecular formula is C10H17NOSi. The van der Waals surface area contributed by atoms with E-state index in [9.17, 15) is 0 Å². The summed E-state index contributed by atoms with van der Waals surface area (Å²) in [6.45, 7) is 6.55. The van der Waals surface area contributed by atoms with Crippen LogP contribution in [0.1, 0.15) is 19.3 Å². The highest BCUT2D eigenvalue weighted by Gasteiger charge is 2.20. The zero-order valence-electron chi connectivity index (χ0n) is 8.63. The van der Waals surface area contributed by atoms with Crippen LogP contribution in [0, 0.1) is 17.2 Å².